The summed E-state index contributed by atoms with van der Waals surface area (Å²) in [7, 11) is 0. The van der Waals surface area contributed by atoms with Crippen molar-refractivity contribution in [1.82, 2.24) is 4.90 Å². The first-order valence-electron chi connectivity index (χ1n) is 10.3. The van der Waals surface area contributed by atoms with E-state index in [0.717, 1.165) is 41.2 Å². The second-order valence-electron chi connectivity index (χ2n) is 7.34. The first-order valence-corrected chi connectivity index (χ1v) is 10.3. The molecule has 0 bridgehead atoms. The monoisotopic (exact) mass is 395 g/mol. The summed E-state index contributed by atoms with van der Waals surface area (Å²) in [4.78, 5) is 28.5. The Bertz CT molecular complexity index is 844. The molecule has 2 aromatic carbocycles. The fourth-order valence-corrected chi connectivity index (χ4v) is 3.36. The average molecular weight is 396 g/mol. The van der Waals surface area contributed by atoms with Gasteiger partial charge in [-0.1, -0.05) is 24.3 Å². The summed E-state index contributed by atoms with van der Waals surface area (Å²) in [5, 5.41) is 2.99. The number of rotatable bonds is 9. The van der Waals surface area contributed by atoms with E-state index < -0.39 is 0 Å². The summed E-state index contributed by atoms with van der Waals surface area (Å²) in [6.07, 6.45) is 0.267. The zero-order valence-corrected chi connectivity index (χ0v) is 18.3. The standard InChI is InChI=1S/C24H33N3O2/c1-6-26(7-2)22-12-13-23(19(4)16-22)25-24(29)14-15-27(20(5)28)17-21-11-9-8-10-18(21)3/h8-13,16H,6-7,14-15,17H2,1-5H3,(H,25,29). The third-order valence-electron chi connectivity index (χ3n) is 5.29. The maximum atomic E-state index is 12.5. The molecule has 0 heterocycles. The third-order valence-corrected chi connectivity index (χ3v) is 5.29. The number of anilines is 2. The van der Waals surface area contributed by atoms with Crippen molar-refractivity contribution in [3.63, 3.8) is 0 Å². The van der Waals surface area contributed by atoms with Crippen LogP contribution in [0.4, 0.5) is 11.4 Å². The predicted octanol–water partition coefficient (Wildman–Crippen LogP) is 4.53. The van der Waals surface area contributed by atoms with Crippen molar-refractivity contribution in [2.75, 3.05) is 29.9 Å². The lowest BCUT2D eigenvalue weighted by Crippen LogP contribution is -2.31. The molecule has 0 aromatic heterocycles. The van der Waals surface area contributed by atoms with Crippen molar-refractivity contribution in [1.29, 1.82) is 0 Å². The van der Waals surface area contributed by atoms with E-state index in [1.807, 2.05) is 50.2 Å². The number of benzene rings is 2. The zero-order valence-electron chi connectivity index (χ0n) is 18.3. The molecular formula is C24H33N3O2. The number of hydrogen-bond acceptors (Lipinski definition) is 3. The van der Waals surface area contributed by atoms with Crippen LogP contribution in [0.25, 0.3) is 0 Å². The average Bonchev–Trinajstić information content (AvgIpc) is 2.69. The summed E-state index contributed by atoms with van der Waals surface area (Å²) in [6, 6.07) is 14.1. The van der Waals surface area contributed by atoms with Crippen molar-refractivity contribution < 1.29 is 9.59 Å². The van der Waals surface area contributed by atoms with Crippen LogP contribution in [-0.4, -0.2) is 36.3 Å². The van der Waals surface area contributed by atoms with Gasteiger partial charge in [0.1, 0.15) is 0 Å². The minimum absolute atomic E-state index is 0.0270. The van der Waals surface area contributed by atoms with Gasteiger partial charge in [0.05, 0.1) is 0 Å². The molecular weight excluding hydrogens is 362 g/mol. The van der Waals surface area contributed by atoms with Gasteiger partial charge in [-0.2, -0.15) is 0 Å². The van der Waals surface area contributed by atoms with E-state index in [9.17, 15) is 9.59 Å². The van der Waals surface area contributed by atoms with Gasteiger partial charge in [-0.15, -0.1) is 0 Å². The first kappa shape index (κ1) is 22.5. The molecule has 0 fully saturated rings. The lowest BCUT2D eigenvalue weighted by atomic mass is 10.1. The zero-order chi connectivity index (χ0) is 21.4. The van der Waals surface area contributed by atoms with Gasteiger partial charge in [0.15, 0.2) is 0 Å². The Morgan fingerprint density at radius 1 is 0.966 bits per heavy atom. The van der Waals surface area contributed by atoms with E-state index in [0.29, 0.717) is 13.1 Å². The minimum atomic E-state index is -0.0836. The molecule has 156 valence electrons. The molecule has 0 aliphatic rings. The topological polar surface area (TPSA) is 52.7 Å². The van der Waals surface area contributed by atoms with E-state index in [-0.39, 0.29) is 18.2 Å². The number of amides is 2. The van der Waals surface area contributed by atoms with E-state index >= 15 is 0 Å². The Balaban J connectivity index is 1.97. The molecule has 0 atom stereocenters. The molecule has 5 nitrogen and oxygen atoms in total. The lowest BCUT2D eigenvalue weighted by molar-refractivity contribution is -0.129. The van der Waals surface area contributed by atoms with Crippen LogP contribution in [0, 0.1) is 13.8 Å². The van der Waals surface area contributed by atoms with Gasteiger partial charge in [-0.3, -0.25) is 9.59 Å². The van der Waals surface area contributed by atoms with Crippen molar-refractivity contribution in [3.05, 3.63) is 59.2 Å². The molecule has 0 aliphatic carbocycles. The molecule has 0 spiro atoms. The highest BCUT2D eigenvalue weighted by Gasteiger charge is 2.14. The van der Waals surface area contributed by atoms with Crippen LogP contribution >= 0.6 is 0 Å². The Labute approximate surface area is 174 Å². The van der Waals surface area contributed by atoms with Crippen LogP contribution in [0.3, 0.4) is 0 Å². The molecule has 5 heteroatoms. The van der Waals surface area contributed by atoms with Gasteiger partial charge >= 0.3 is 0 Å². The van der Waals surface area contributed by atoms with Gasteiger partial charge in [0, 0.05) is 50.9 Å². The highest BCUT2D eigenvalue weighted by molar-refractivity contribution is 5.92. The summed E-state index contributed by atoms with van der Waals surface area (Å²) in [5.41, 5.74) is 5.26. The Morgan fingerprint density at radius 2 is 1.66 bits per heavy atom. The van der Waals surface area contributed by atoms with Gasteiger partial charge in [-0.05, 0) is 62.6 Å². The number of nitrogens with one attached hydrogen (secondary N) is 1. The highest BCUT2D eigenvalue weighted by Crippen LogP contribution is 2.23. The predicted molar refractivity (Wildman–Crippen MR) is 120 cm³/mol. The lowest BCUT2D eigenvalue weighted by Gasteiger charge is -2.23. The molecule has 0 saturated carbocycles. The van der Waals surface area contributed by atoms with Crippen LogP contribution in [-0.2, 0) is 16.1 Å². The van der Waals surface area contributed by atoms with Crippen molar-refractivity contribution in [2.45, 2.75) is 47.6 Å². The summed E-state index contributed by atoms with van der Waals surface area (Å²) in [5.74, 6) is -0.111. The van der Waals surface area contributed by atoms with Gasteiger partial charge in [0.25, 0.3) is 0 Å². The molecule has 2 rings (SSSR count). The third kappa shape index (κ3) is 6.34. The van der Waals surface area contributed by atoms with Gasteiger partial charge < -0.3 is 15.1 Å². The SMILES string of the molecule is CCN(CC)c1ccc(NC(=O)CCN(Cc2ccccc2C)C(C)=O)c(C)c1. The van der Waals surface area contributed by atoms with E-state index in [4.69, 9.17) is 0 Å². The second-order valence-corrected chi connectivity index (χ2v) is 7.34. The molecule has 0 radical (unpaired) electrons. The van der Waals surface area contributed by atoms with E-state index in [1.54, 1.807) is 11.8 Å². The fraction of sp³-hybridized carbons (Fsp3) is 0.417. The van der Waals surface area contributed by atoms with Crippen molar-refractivity contribution in [3.8, 4) is 0 Å². The molecule has 0 aliphatic heterocycles. The van der Waals surface area contributed by atoms with E-state index in [1.165, 1.54) is 0 Å². The number of hydrogen-bond donors (Lipinski definition) is 1. The maximum absolute atomic E-state index is 12.5. The largest absolute Gasteiger partial charge is 0.372 e. The van der Waals surface area contributed by atoms with Crippen LogP contribution in [0.15, 0.2) is 42.5 Å². The van der Waals surface area contributed by atoms with Crippen LogP contribution in [0.1, 0.15) is 43.9 Å². The number of nitrogens with zero attached hydrogens (tertiary/aromatic N) is 2. The number of aryl methyl sites for hydroxylation is 2. The van der Waals surface area contributed by atoms with Crippen LogP contribution in [0.2, 0.25) is 0 Å². The normalized spacial score (nSPS) is 10.5. The van der Waals surface area contributed by atoms with Crippen LogP contribution in [0.5, 0.6) is 0 Å². The van der Waals surface area contributed by atoms with Crippen LogP contribution < -0.4 is 10.2 Å². The minimum Gasteiger partial charge on any atom is -0.372 e. The van der Waals surface area contributed by atoms with Crippen molar-refractivity contribution >= 4 is 23.2 Å². The van der Waals surface area contributed by atoms with Crippen molar-refractivity contribution in [2.24, 2.45) is 0 Å². The smallest absolute Gasteiger partial charge is 0.226 e. The quantitative estimate of drug-likeness (QED) is 0.679. The summed E-state index contributed by atoms with van der Waals surface area (Å²) >= 11 is 0. The molecule has 0 unspecified atom stereocenters. The first-order chi connectivity index (χ1) is 13.8. The molecule has 29 heavy (non-hydrogen) atoms. The Morgan fingerprint density at radius 3 is 2.24 bits per heavy atom. The molecule has 1 N–H and O–H groups in total. The second kappa shape index (κ2) is 10.6. The van der Waals surface area contributed by atoms with Gasteiger partial charge in [0.2, 0.25) is 11.8 Å². The summed E-state index contributed by atoms with van der Waals surface area (Å²) in [6.45, 7) is 12.7. The number of carbonyl (C=O) groups excluding carboxylic acids is 2. The number of carbonyl (C=O) groups is 2. The molecule has 2 aromatic rings. The maximum Gasteiger partial charge on any atom is 0.226 e. The molecule has 2 amide bonds. The van der Waals surface area contributed by atoms with Gasteiger partial charge in [-0.25, -0.2) is 0 Å². The Hall–Kier alpha value is -2.82. The highest BCUT2D eigenvalue weighted by atomic mass is 16.2. The Kier molecular flexibility index (Phi) is 8.25. The summed E-state index contributed by atoms with van der Waals surface area (Å²) < 4.78 is 0. The van der Waals surface area contributed by atoms with E-state index in [2.05, 4.69) is 30.1 Å². The molecule has 0 saturated heterocycles. The fourth-order valence-electron chi connectivity index (χ4n) is 3.36.